The predicted molar refractivity (Wildman–Crippen MR) is 71.8 cm³/mol. The second-order valence-electron chi connectivity index (χ2n) is 4.02. The van der Waals surface area contributed by atoms with Crippen molar-refractivity contribution in [3.8, 4) is 0 Å². The number of benzene rings is 2. The highest BCUT2D eigenvalue weighted by Crippen LogP contribution is 2.30. The number of hydrogen-bond donors (Lipinski definition) is 1. The first-order chi connectivity index (χ1) is 9.47. The summed E-state index contributed by atoms with van der Waals surface area (Å²) in [5.74, 6) is -1.23. The Morgan fingerprint density at radius 3 is 2.45 bits per heavy atom. The number of nitro groups is 1. The van der Waals surface area contributed by atoms with E-state index in [0.29, 0.717) is 0 Å². The van der Waals surface area contributed by atoms with E-state index in [-0.39, 0.29) is 23.1 Å². The van der Waals surface area contributed by atoms with Crippen LogP contribution in [0.2, 0.25) is 5.02 Å². The highest BCUT2D eigenvalue weighted by molar-refractivity contribution is 6.31. The van der Waals surface area contributed by atoms with Gasteiger partial charge in [0.25, 0.3) is 5.69 Å². The van der Waals surface area contributed by atoms with Crippen molar-refractivity contribution < 1.29 is 13.7 Å². The summed E-state index contributed by atoms with van der Waals surface area (Å²) in [6.07, 6.45) is 0. The molecule has 0 spiro atoms. The van der Waals surface area contributed by atoms with Crippen LogP contribution in [-0.2, 0) is 6.54 Å². The number of halogens is 3. The van der Waals surface area contributed by atoms with Gasteiger partial charge in [-0.25, -0.2) is 8.78 Å². The Labute approximate surface area is 118 Å². The van der Waals surface area contributed by atoms with Gasteiger partial charge in [0.15, 0.2) is 0 Å². The number of nitro benzene ring substituents is 1. The van der Waals surface area contributed by atoms with Crippen LogP contribution >= 0.6 is 11.6 Å². The zero-order valence-electron chi connectivity index (χ0n) is 10.1. The Hall–Kier alpha value is -2.21. The van der Waals surface area contributed by atoms with Gasteiger partial charge in [0, 0.05) is 6.54 Å². The molecule has 0 fully saturated rings. The molecule has 0 aromatic heterocycles. The molecular formula is C13H9ClF2N2O2. The fourth-order valence-electron chi connectivity index (χ4n) is 1.63. The van der Waals surface area contributed by atoms with Crippen LogP contribution in [0.5, 0.6) is 0 Å². The van der Waals surface area contributed by atoms with E-state index in [9.17, 15) is 18.9 Å². The van der Waals surface area contributed by atoms with E-state index in [1.54, 1.807) is 12.1 Å². The van der Waals surface area contributed by atoms with Crippen molar-refractivity contribution >= 4 is 23.0 Å². The van der Waals surface area contributed by atoms with Crippen LogP contribution < -0.4 is 5.32 Å². The van der Waals surface area contributed by atoms with Gasteiger partial charge in [0.05, 0.1) is 16.0 Å². The summed E-state index contributed by atoms with van der Waals surface area (Å²) in [5, 5.41) is 13.4. The monoisotopic (exact) mass is 298 g/mol. The number of anilines is 1. The van der Waals surface area contributed by atoms with E-state index in [4.69, 9.17) is 11.6 Å². The third-order valence-electron chi connectivity index (χ3n) is 2.63. The minimum absolute atomic E-state index is 0.103. The standard InChI is InChI=1S/C13H9ClF2N2O2/c14-10-5-12(13(18(19)20)6-11(10)16)17-7-8-1-3-9(15)4-2-8/h1-6,17H,7H2. The van der Waals surface area contributed by atoms with Crippen molar-refractivity contribution in [3.05, 3.63) is 68.7 Å². The molecule has 0 unspecified atom stereocenters. The highest BCUT2D eigenvalue weighted by Gasteiger charge is 2.17. The molecule has 0 amide bonds. The van der Waals surface area contributed by atoms with Crippen molar-refractivity contribution in [2.75, 3.05) is 5.32 Å². The number of rotatable bonds is 4. The van der Waals surface area contributed by atoms with Crippen LogP contribution in [0.1, 0.15) is 5.56 Å². The van der Waals surface area contributed by atoms with Crippen molar-refractivity contribution in [1.82, 2.24) is 0 Å². The molecule has 2 aromatic rings. The van der Waals surface area contributed by atoms with Crippen molar-refractivity contribution in [2.24, 2.45) is 0 Å². The second kappa shape index (κ2) is 5.83. The van der Waals surface area contributed by atoms with Crippen LogP contribution in [-0.4, -0.2) is 4.92 Å². The number of nitrogens with zero attached hydrogens (tertiary/aromatic N) is 1. The van der Waals surface area contributed by atoms with Crippen LogP contribution in [0.4, 0.5) is 20.2 Å². The Bertz CT molecular complexity index is 648. The van der Waals surface area contributed by atoms with E-state index >= 15 is 0 Å². The Morgan fingerprint density at radius 1 is 1.20 bits per heavy atom. The minimum atomic E-state index is -0.856. The molecule has 0 bridgehead atoms. The van der Waals surface area contributed by atoms with Crippen LogP contribution in [0.3, 0.4) is 0 Å². The first-order valence-electron chi connectivity index (χ1n) is 5.59. The van der Waals surface area contributed by atoms with E-state index < -0.39 is 16.4 Å². The minimum Gasteiger partial charge on any atom is -0.375 e. The van der Waals surface area contributed by atoms with Gasteiger partial charge in [-0.3, -0.25) is 10.1 Å². The molecule has 0 heterocycles. The van der Waals surface area contributed by atoms with Gasteiger partial charge < -0.3 is 5.32 Å². The third kappa shape index (κ3) is 3.21. The van der Waals surface area contributed by atoms with Gasteiger partial charge in [-0.05, 0) is 23.8 Å². The third-order valence-corrected chi connectivity index (χ3v) is 2.92. The summed E-state index contributed by atoms with van der Waals surface area (Å²) < 4.78 is 26.0. The van der Waals surface area contributed by atoms with E-state index in [0.717, 1.165) is 17.7 Å². The molecule has 2 aromatic carbocycles. The summed E-state index contributed by atoms with van der Waals surface area (Å²) >= 11 is 5.61. The summed E-state index contributed by atoms with van der Waals surface area (Å²) in [6.45, 7) is 0.225. The molecule has 0 aliphatic rings. The summed E-state index contributed by atoms with van der Waals surface area (Å²) in [5.41, 5.74) is 0.417. The van der Waals surface area contributed by atoms with Gasteiger partial charge >= 0.3 is 0 Å². The van der Waals surface area contributed by atoms with E-state index in [1.165, 1.54) is 12.1 Å². The lowest BCUT2D eigenvalue weighted by molar-refractivity contribution is -0.384. The Kier molecular flexibility index (Phi) is 4.14. The quantitative estimate of drug-likeness (QED) is 0.682. The maximum atomic E-state index is 13.2. The highest BCUT2D eigenvalue weighted by atomic mass is 35.5. The molecule has 20 heavy (non-hydrogen) atoms. The van der Waals surface area contributed by atoms with Gasteiger partial charge in [-0.15, -0.1) is 0 Å². The Morgan fingerprint density at radius 2 is 1.85 bits per heavy atom. The number of hydrogen-bond acceptors (Lipinski definition) is 3. The first kappa shape index (κ1) is 14.2. The van der Waals surface area contributed by atoms with Crippen molar-refractivity contribution in [1.29, 1.82) is 0 Å². The average Bonchev–Trinajstić information content (AvgIpc) is 2.41. The normalized spacial score (nSPS) is 10.3. The largest absolute Gasteiger partial charge is 0.375 e. The molecule has 7 heteroatoms. The van der Waals surface area contributed by atoms with Crippen LogP contribution in [0, 0.1) is 21.7 Å². The van der Waals surface area contributed by atoms with Crippen molar-refractivity contribution in [2.45, 2.75) is 6.54 Å². The zero-order valence-corrected chi connectivity index (χ0v) is 10.8. The van der Waals surface area contributed by atoms with Gasteiger partial charge in [-0.2, -0.15) is 0 Å². The molecule has 2 rings (SSSR count). The molecule has 4 nitrogen and oxygen atoms in total. The molecule has 1 N–H and O–H groups in total. The summed E-state index contributed by atoms with van der Waals surface area (Å²) in [4.78, 5) is 10.1. The summed E-state index contributed by atoms with van der Waals surface area (Å²) in [6, 6.07) is 7.55. The lowest BCUT2D eigenvalue weighted by atomic mass is 10.2. The second-order valence-corrected chi connectivity index (χ2v) is 4.43. The maximum Gasteiger partial charge on any atom is 0.295 e. The maximum absolute atomic E-state index is 13.2. The van der Waals surface area contributed by atoms with Crippen molar-refractivity contribution in [3.63, 3.8) is 0 Å². The molecule has 0 aliphatic heterocycles. The van der Waals surface area contributed by atoms with Gasteiger partial charge in [0.2, 0.25) is 0 Å². The first-order valence-corrected chi connectivity index (χ1v) is 5.97. The zero-order chi connectivity index (χ0) is 14.7. The van der Waals surface area contributed by atoms with Crippen LogP contribution in [0.15, 0.2) is 36.4 Å². The molecule has 0 atom stereocenters. The topological polar surface area (TPSA) is 55.2 Å². The lowest BCUT2D eigenvalue weighted by Gasteiger charge is -2.08. The fraction of sp³-hybridized carbons (Fsp3) is 0.0769. The fourth-order valence-corrected chi connectivity index (χ4v) is 1.79. The van der Waals surface area contributed by atoms with E-state index in [2.05, 4.69) is 5.32 Å². The molecule has 0 aliphatic carbocycles. The summed E-state index contributed by atoms with van der Waals surface area (Å²) in [7, 11) is 0. The number of nitrogens with one attached hydrogen (secondary N) is 1. The van der Waals surface area contributed by atoms with Crippen LogP contribution in [0.25, 0.3) is 0 Å². The Balaban J connectivity index is 2.22. The predicted octanol–water partition coefficient (Wildman–Crippen LogP) is 4.14. The lowest BCUT2D eigenvalue weighted by Crippen LogP contribution is -2.03. The van der Waals surface area contributed by atoms with Gasteiger partial charge in [0.1, 0.15) is 17.3 Å². The molecule has 0 radical (unpaired) electrons. The van der Waals surface area contributed by atoms with Gasteiger partial charge in [-0.1, -0.05) is 23.7 Å². The van der Waals surface area contributed by atoms with E-state index in [1.807, 2.05) is 0 Å². The molecule has 0 saturated heterocycles. The smallest absolute Gasteiger partial charge is 0.295 e. The molecule has 0 saturated carbocycles. The molecular weight excluding hydrogens is 290 g/mol. The molecule has 104 valence electrons. The average molecular weight is 299 g/mol. The SMILES string of the molecule is O=[N+]([O-])c1cc(F)c(Cl)cc1NCc1ccc(F)cc1.